The highest BCUT2D eigenvalue weighted by atomic mass is 16.6. The van der Waals surface area contributed by atoms with Crippen LogP contribution in [-0.2, 0) is 10.3 Å². The van der Waals surface area contributed by atoms with Gasteiger partial charge < -0.3 is 20.3 Å². The molecule has 1 heterocycles. The topological polar surface area (TPSA) is 58.8 Å². The maximum Gasteiger partial charge on any atom is 0.340 e. The monoisotopic (exact) mass is 387 g/mol. The summed E-state index contributed by atoms with van der Waals surface area (Å²) in [6.07, 6.45) is 0. The van der Waals surface area contributed by atoms with Crippen molar-refractivity contribution in [3.05, 3.63) is 89.0 Å². The van der Waals surface area contributed by atoms with Crippen LogP contribution in [0.3, 0.4) is 0 Å². The number of carbonyl (C=O) groups excluding carboxylic acids is 1. The highest BCUT2D eigenvalue weighted by Crippen LogP contribution is 2.49. The Kier molecular flexibility index (Phi) is 4.46. The smallest absolute Gasteiger partial charge is 0.340 e. The van der Waals surface area contributed by atoms with E-state index in [1.165, 1.54) is 0 Å². The standard InChI is InChI=1S/C24H25N3O2/c1-26(2)18-12-8-16(9-13-18)24(17-10-14-19(15-11-17)27(3)4)22-20(23(28)29-24)6-5-7-21(22)25/h5-15H,25H2,1-4H3. The van der Waals surface area contributed by atoms with Crippen molar-refractivity contribution >= 4 is 23.0 Å². The lowest BCUT2D eigenvalue weighted by Crippen LogP contribution is -2.30. The third-order valence-corrected chi connectivity index (χ3v) is 5.49. The Morgan fingerprint density at radius 2 is 1.24 bits per heavy atom. The van der Waals surface area contributed by atoms with Crippen LogP contribution in [0.2, 0.25) is 0 Å². The highest BCUT2D eigenvalue weighted by molar-refractivity contribution is 5.98. The number of anilines is 3. The average molecular weight is 387 g/mol. The minimum Gasteiger partial charge on any atom is -0.440 e. The molecule has 1 aliphatic heterocycles. The van der Waals surface area contributed by atoms with Crippen LogP contribution in [0.4, 0.5) is 17.1 Å². The summed E-state index contributed by atoms with van der Waals surface area (Å²) in [7, 11) is 7.97. The van der Waals surface area contributed by atoms with Gasteiger partial charge in [0.05, 0.1) is 5.56 Å². The zero-order chi connectivity index (χ0) is 20.8. The van der Waals surface area contributed by atoms with Crippen LogP contribution in [-0.4, -0.2) is 34.2 Å². The van der Waals surface area contributed by atoms with E-state index in [9.17, 15) is 4.79 Å². The number of nitrogens with zero attached hydrogens (tertiary/aromatic N) is 2. The molecule has 5 nitrogen and oxygen atoms in total. The second-order valence-electron chi connectivity index (χ2n) is 7.72. The average Bonchev–Trinajstić information content (AvgIpc) is 3.03. The Bertz CT molecular complexity index is 1000. The van der Waals surface area contributed by atoms with Crippen molar-refractivity contribution < 1.29 is 9.53 Å². The molecule has 4 rings (SSSR count). The van der Waals surface area contributed by atoms with Crippen molar-refractivity contribution in [3.63, 3.8) is 0 Å². The molecular weight excluding hydrogens is 362 g/mol. The molecule has 29 heavy (non-hydrogen) atoms. The Labute approximate surface area is 171 Å². The normalized spacial score (nSPS) is 14.3. The summed E-state index contributed by atoms with van der Waals surface area (Å²) in [6.45, 7) is 0. The van der Waals surface area contributed by atoms with Crippen molar-refractivity contribution in [3.8, 4) is 0 Å². The van der Waals surface area contributed by atoms with Crippen LogP contribution < -0.4 is 15.5 Å². The predicted octanol–water partition coefficient (Wildman–Crippen LogP) is 3.86. The van der Waals surface area contributed by atoms with Gasteiger partial charge in [0.1, 0.15) is 0 Å². The molecule has 1 aliphatic rings. The molecule has 148 valence electrons. The fourth-order valence-corrected chi connectivity index (χ4v) is 3.94. The minimum atomic E-state index is -1.08. The van der Waals surface area contributed by atoms with E-state index in [0.717, 1.165) is 22.5 Å². The first-order valence-electron chi connectivity index (χ1n) is 9.52. The van der Waals surface area contributed by atoms with E-state index in [0.29, 0.717) is 16.8 Å². The van der Waals surface area contributed by atoms with Gasteiger partial charge in [0.2, 0.25) is 0 Å². The van der Waals surface area contributed by atoms with Crippen molar-refractivity contribution in [2.24, 2.45) is 0 Å². The number of nitrogen functional groups attached to an aromatic ring is 1. The van der Waals surface area contributed by atoms with Gasteiger partial charge in [-0.1, -0.05) is 30.3 Å². The first kappa shape index (κ1) is 18.9. The van der Waals surface area contributed by atoms with Crippen LogP contribution in [0.5, 0.6) is 0 Å². The SMILES string of the molecule is CN(C)c1ccc(C2(c3ccc(N(C)C)cc3)OC(=O)c3cccc(N)c32)cc1. The van der Waals surface area contributed by atoms with E-state index in [4.69, 9.17) is 10.5 Å². The first-order chi connectivity index (χ1) is 13.8. The fourth-order valence-electron chi connectivity index (χ4n) is 3.94. The van der Waals surface area contributed by atoms with E-state index in [-0.39, 0.29) is 5.97 Å². The second kappa shape index (κ2) is 6.85. The molecule has 0 amide bonds. The zero-order valence-electron chi connectivity index (χ0n) is 17.1. The molecule has 0 unspecified atom stereocenters. The van der Waals surface area contributed by atoms with Crippen LogP contribution >= 0.6 is 0 Å². The van der Waals surface area contributed by atoms with Gasteiger partial charge >= 0.3 is 5.97 Å². The zero-order valence-corrected chi connectivity index (χ0v) is 17.1. The number of benzene rings is 3. The lowest BCUT2D eigenvalue weighted by Gasteiger charge is -2.31. The second-order valence-corrected chi connectivity index (χ2v) is 7.72. The number of hydrogen-bond donors (Lipinski definition) is 1. The fraction of sp³-hybridized carbons (Fsp3) is 0.208. The lowest BCUT2D eigenvalue weighted by molar-refractivity contribution is 0.0253. The molecule has 0 fully saturated rings. The largest absolute Gasteiger partial charge is 0.440 e. The molecule has 0 atom stereocenters. The maximum atomic E-state index is 12.8. The molecule has 0 aliphatic carbocycles. The summed E-state index contributed by atoms with van der Waals surface area (Å²) < 4.78 is 6.13. The molecule has 3 aromatic carbocycles. The molecule has 0 aromatic heterocycles. The summed E-state index contributed by atoms with van der Waals surface area (Å²) in [4.78, 5) is 16.9. The Hall–Kier alpha value is -3.47. The number of esters is 1. The number of hydrogen-bond acceptors (Lipinski definition) is 5. The van der Waals surface area contributed by atoms with Crippen molar-refractivity contribution in [2.45, 2.75) is 5.60 Å². The van der Waals surface area contributed by atoms with Gasteiger partial charge in [0, 0.05) is 61.9 Å². The van der Waals surface area contributed by atoms with Gasteiger partial charge in [-0.05, 0) is 36.4 Å². The number of rotatable bonds is 4. The van der Waals surface area contributed by atoms with Crippen LogP contribution in [0.1, 0.15) is 27.0 Å². The number of nitrogens with two attached hydrogens (primary N) is 1. The number of ether oxygens (including phenoxy) is 1. The molecular formula is C24H25N3O2. The molecule has 0 radical (unpaired) electrons. The molecule has 3 aromatic rings. The van der Waals surface area contributed by atoms with Gasteiger partial charge in [0.25, 0.3) is 0 Å². The maximum absolute atomic E-state index is 12.8. The van der Waals surface area contributed by atoms with E-state index in [1.807, 2.05) is 92.6 Å². The van der Waals surface area contributed by atoms with Gasteiger partial charge in [-0.15, -0.1) is 0 Å². The summed E-state index contributed by atoms with van der Waals surface area (Å²) in [5.74, 6) is -0.360. The lowest BCUT2D eigenvalue weighted by atomic mass is 9.79. The Morgan fingerprint density at radius 1 is 0.759 bits per heavy atom. The van der Waals surface area contributed by atoms with Crippen molar-refractivity contribution in [1.82, 2.24) is 0 Å². The Morgan fingerprint density at radius 3 is 1.69 bits per heavy atom. The third kappa shape index (κ3) is 2.90. The quantitative estimate of drug-likeness (QED) is 0.544. The van der Waals surface area contributed by atoms with Gasteiger partial charge in [0.15, 0.2) is 5.60 Å². The molecule has 2 N–H and O–H groups in total. The molecule has 0 saturated carbocycles. The molecule has 0 bridgehead atoms. The van der Waals surface area contributed by atoms with Gasteiger partial charge in [-0.2, -0.15) is 0 Å². The highest BCUT2D eigenvalue weighted by Gasteiger charge is 2.49. The van der Waals surface area contributed by atoms with Crippen molar-refractivity contribution in [1.29, 1.82) is 0 Å². The van der Waals surface area contributed by atoms with E-state index in [1.54, 1.807) is 12.1 Å². The van der Waals surface area contributed by atoms with E-state index in [2.05, 4.69) is 0 Å². The summed E-state index contributed by atoms with van der Waals surface area (Å²) >= 11 is 0. The number of cyclic esters (lactones) is 1. The Balaban J connectivity index is 1.98. The number of fused-ring (bicyclic) bond motifs is 1. The van der Waals surface area contributed by atoms with Crippen molar-refractivity contribution in [2.75, 3.05) is 43.7 Å². The third-order valence-electron chi connectivity index (χ3n) is 5.49. The van der Waals surface area contributed by atoms with E-state index >= 15 is 0 Å². The van der Waals surface area contributed by atoms with E-state index < -0.39 is 5.60 Å². The number of carbonyl (C=O) groups is 1. The van der Waals surface area contributed by atoms with Crippen LogP contribution in [0.15, 0.2) is 66.7 Å². The molecule has 0 saturated heterocycles. The minimum absolute atomic E-state index is 0.360. The first-order valence-corrected chi connectivity index (χ1v) is 9.52. The summed E-state index contributed by atoms with van der Waals surface area (Å²) in [6, 6.07) is 21.5. The van der Waals surface area contributed by atoms with Gasteiger partial charge in [-0.3, -0.25) is 0 Å². The van der Waals surface area contributed by atoms with Crippen LogP contribution in [0.25, 0.3) is 0 Å². The summed E-state index contributed by atoms with van der Waals surface area (Å²) in [5.41, 5.74) is 10.9. The van der Waals surface area contributed by atoms with Crippen LogP contribution in [0, 0.1) is 0 Å². The summed E-state index contributed by atoms with van der Waals surface area (Å²) in [5, 5.41) is 0. The van der Waals surface area contributed by atoms with Gasteiger partial charge in [-0.25, -0.2) is 4.79 Å². The predicted molar refractivity (Wildman–Crippen MR) is 118 cm³/mol. The molecule has 0 spiro atoms. The molecule has 5 heteroatoms.